The molecule has 12 heavy (non-hydrogen) atoms. The fourth-order valence-electron chi connectivity index (χ4n) is 1.66. The summed E-state index contributed by atoms with van der Waals surface area (Å²) < 4.78 is 0. The number of hydrogen-bond acceptors (Lipinski definition) is 2. The van der Waals surface area contributed by atoms with Crippen molar-refractivity contribution in [3.63, 3.8) is 0 Å². The van der Waals surface area contributed by atoms with E-state index >= 15 is 0 Å². The van der Waals surface area contributed by atoms with E-state index in [1.807, 2.05) is 0 Å². The van der Waals surface area contributed by atoms with Crippen LogP contribution in [0.4, 0.5) is 0 Å². The molecule has 0 radical (unpaired) electrons. The molecular formula is C10H22N2. The standard InChI is InChI=1S/C10H22N2/c1-12(8-3-7-11)9-6-10-4-2-5-10/h10H,2-9,11H2,1H3. The molecule has 2 heteroatoms. The molecule has 2 nitrogen and oxygen atoms in total. The van der Waals surface area contributed by atoms with Crippen LogP contribution in [0.1, 0.15) is 32.1 Å². The Labute approximate surface area is 76.1 Å². The fraction of sp³-hybridized carbons (Fsp3) is 1.00. The zero-order valence-corrected chi connectivity index (χ0v) is 8.26. The van der Waals surface area contributed by atoms with Gasteiger partial charge in [0, 0.05) is 0 Å². The van der Waals surface area contributed by atoms with Crippen molar-refractivity contribution in [2.24, 2.45) is 11.7 Å². The molecule has 0 bridgehead atoms. The van der Waals surface area contributed by atoms with Crippen LogP contribution < -0.4 is 5.73 Å². The fourth-order valence-corrected chi connectivity index (χ4v) is 1.66. The molecule has 0 heterocycles. The van der Waals surface area contributed by atoms with Crippen LogP contribution in [0.15, 0.2) is 0 Å². The van der Waals surface area contributed by atoms with Gasteiger partial charge in [0.15, 0.2) is 0 Å². The van der Waals surface area contributed by atoms with Crippen molar-refractivity contribution in [1.82, 2.24) is 4.90 Å². The highest BCUT2D eigenvalue weighted by molar-refractivity contribution is 4.70. The van der Waals surface area contributed by atoms with Gasteiger partial charge in [-0.2, -0.15) is 0 Å². The van der Waals surface area contributed by atoms with Crippen molar-refractivity contribution in [2.75, 3.05) is 26.7 Å². The van der Waals surface area contributed by atoms with Gasteiger partial charge in [0.25, 0.3) is 0 Å². The van der Waals surface area contributed by atoms with Crippen molar-refractivity contribution in [3.05, 3.63) is 0 Å². The van der Waals surface area contributed by atoms with Gasteiger partial charge in [-0.1, -0.05) is 19.3 Å². The van der Waals surface area contributed by atoms with Crippen molar-refractivity contribution < 1.29 is 0 Å². The number of rotatable bonds is 6. The second-order valence-corrected chi connectivity index (χ2v) is 4.03. The summed E-state index contributed by atoms with van der Waals surface area (Å²) in [6.45, 7) is 3.27. The highest BCUT2D eigenvalue weighted by atomic mass is 15.1. The molecule has 1 saturated carbocycles. The molecule has 72 valence electrons. The van der Waals surface area contributed by atoms with E-state index < -0.39 is 0 Å². The maximum Gasteiger partial charge on any atom is -0.000977 e. The van der Waals surface area contributed by atoms with Gasteiger partial charge in [0.2, 0.25) is 0 Å². The molecule has 0 saturated heterocycles. The predicted molar refractivity (Wildman–Crippen MR) is 53.1 cm³/mol. The van der Waals surface area contributed by atoms with E-state index in [1.54, 1.807) is 0 Å². The van der Waals surface area contributed by atoms with Gasteiger partial charge in [-0.15, -0.1) is 0 Å². The van der Waals surface area contributed by atoms with Gasteiger partial charge in [-0.05, 0) is 45.4 Å². The molecule has 0 aromatic rings. The zero-order chi connectivity index (χ0) is 8.81. The zero-order valence-electron chi connectivity index (χ0n) is 8.26. The molecule has 0 atom stereocenters. The first-order valence-corrected chi connectivity index (χ1v) is 5.21. The van der Waals surface area contributed by atoms with Gasteiger partial charge in [-0.25, -0.2) is 0 Å². The number of nitrogens with zero attached hydrogens (tertiary/aromatic N) is 1. The highest BCUT2D eigenvalue weighted by Crippen LogP contribution is 2.29. The molecule has 1 aliphatic rings. The van der Waals surface area contributed by atoms with Crippen molar-refractivity contribution in [2.45, 2.75) is 32.1 Å². The molecule has 0 amide bonds. The van der Waals surface area contributed by atoms with Gasteiger partial charge in [-0.3, -0.25) is 0 Å². The molecule has 1 fully saturated rings. The van der Waals surface area contributed by atoms with Crippen LogP contribution in [0, 0.1) is 5.92 Å². The molecule has 0 aliphatic heterocycles. The van der Waals surface area contributed by atoms with Crippen LogP contribution in [0.3, 0.4) is 0 Å². The average molecular weight is 170 g/mol. The molecule has 2 N–H and O–H groups in total. The van der Waals surface area contributed by atoms with Crippen LogP contribution in [-0.4, -0.2) is 31.6 Å². The molecule has 0 aromatic carbocycles. The Kier molecular flexibility index (Phi) is 4.62. The Morgan fingerprint density at radius 1 is 1.33 bits per heavy atom. The van der Waals surface area contributed by atoms with Crippen molar-refractivity contribution in [1.29, 1.82) is 0 Å². The van der Waals surface area contributed by atoms with E-state index in [1.165, 1.54) is 38.8 Å². The molecule has 0 unspecified atom stereocenters. The topological polar surface area (TPSA) is 29.3 Å². The van der Waals surface area contributed by atoms with E-state index in [9.17, 15) is 0 Å². The minimum Gasteiger partial charge on any atom is -0.330 e. The third-order valence-electron chi connectivity index (χ3n) is 2.89. The van der Waals surface area contributed by atoms with Crippen LogP contribution in [0.25, 0.3) is 0 Å². The van der Waals surface area contributed by atoms with E-state index in [-0.39, 0.29) is 0 Å². The predicted octanol–water partition coefficient (Wildman–Crippen LogP) is 1.46. The SMILES string of the molecule is CN(CCCN)CCC1CCC1. The second kappa shape index (κ2) is 5.55. The van der Waals surface area contributed by atoms with Crippen LogP contribution in [-0.2, 0) is 0 Å². The lowest BCUT2D eigenvalue weighted by atomic mass is 9.83. The summed E-state index contributed by atoms with van der Waals surface area (Å²) in [6.07, 6.45) is 6.97. The van der Waals surface area contributed by atoms with E-state index in [4.69, 9.17) is 5.73 Å². The lowest BCUT2D eigenvalue weighted by Crippen LogP contribution is -2.26. The lowest BCUT2D eigenvalue weighted by Gasteiger charge is -2.27. The summed E-state index contributed by atoms with van der Waals surface area (Å²) in [5.74, 6) is 1.05. The van der Waals surface area contributed by atoms with E-state index in [2.05, 4.69) is 11.9 Å². The summed E-state index contributed by atoms with van der Waals surface area (Å²) in [7, 11) is 2.20. The summed E-state index contributed by atoms with van der Waals surface area (Å²) in [5.41, 5.74) is 5.44. The van der Waals surface area contributed by atoms with Gasteiger partial charge in [0.1, 0.15) is 0 Å². The summed E-state index contributed by atoms with van der Waals surface area (Å²) in [5, 5.41) is 0. The smallest absolute Gasteiger partial charge is 0.000977 e. The molecule has 1 rings (SSSR count). The largest absolute Gasteiger partial charge is 0.330 e. The first-order valence-electron chi connectivity index (χ1n) is 5.21. The minimum absolute atomic E-state index is 0.827. The van der Waals surface area contributed by atoms with Crippen molar-refractivity contribution in [3.8, 4) is 0 Å². The Morgan fingerprint density at radius 3 is 2.58 bits per heavy atom. The third-order valence-corrected chi connectivity index (χ3v) is 2.89. The normalized spacial score (nSPS) is 18.2. The quantitative estimate of drug-likeness (QED) is 0.654. The maximum absolute atomic E-state index is 5.44. The van der Waals surface area contributed by atoms with Gasteiger partial charge < -0.3 is 10.6 Å². The Balaban J connectivity index is 1.90. The van der Waals surface area contributed by atoms with Crippen LogP contribution in [0.5, 0.6) is 0 Å². The molecule has 0 aromatic heterocycles. The lowest BCUT2D eigenvalue weighted by molar-refractivity contribution is 0.238. The van der Waals surface area contributed by atoms with Crippen LogP contribution in [0.2, 0.25) is 0 Å². The third kappa shape index (κ3) is 3.55. The molecular weight excluding hydrogens is 148 g/mol. The maximum atomic E-state index is 5.44. The van der Waals surface area contributed by atoms with Gasteiger partial charge in [0.05, 0.1) is 0 Å². The Bertz CT molecular complexity index is 110. The van der Waals surface area contributed by atoms with E-state index in [0.29, 0.717) is 0 Å². The molecule has 0 spiro atoms. The minimum atomic E-state index is 0.827. The molecule has 1 aliphatic carbocycles. The first kappa shape index (κ1) is 10.0. The van der Waals surface area contributed by atoms with Gasteiger partial charge >= 0.3 is 0 Å². The van der Waals surface area contributed by atoms with Crippen LogP contribution >= 0.6 is 0 Å². The summed E-state index contributed by atoms with van der Waals surface area (Å²) >= 11 is 0. The monoisotopic (exact) mass is 170 g/mol. The number of nitrogens with two attached hydrogens (primary N) is 1. The highest BCUT2D eigenvalue weighted by Gasteiger charge is 2.16. The summed E-state index contributed by atoms with van der Waals surface area (Å²) in [6, 6.07) is 0. The average Bonchev–Trinajstić information content (AvgIpc) is 1.98. The van der Waals surface area contributed by atoms with Crippen molar-refractivity contribution >= 4 is 0 Å². The Hall–Kier alpha value is -0.0800. The number of hydrogen-bond donors (Lipinski definition) is 1. The second-order valence-electron chi connectivity index (χ2n) is 4.03. The van der Waals surface area contributed by atoms with E-state index in [0.717, 1.165) is 18.9 Å². The first-order chi connectivity index (χ1) is 5.83. The summed E-state index contributed by atoms with van der Waals surface area (Å²) in [4.78, 5) is 2.41. The Morgan fingerprint density at radius 2 is 2.08 bits per heavy atom.